The number of nitrogens with zero attached hydrogens (tertiary/aromatic N) is 3. The van der Waals surface area contributed by atoms with Crippen LogP contribution in [-0.4, -0.2) is 74.1 Å². The summed E-state index contributed by atoms with van der Waals surface area (Å²) in [7, 11) is 1.93. The van der Waals surface area contributed by atoms with Gasteiger partial charge in [0.25, 0.3) is 0 Å². The number of unbranched alkanes of at least 4 members (excludes halogenated alkanes) is 1. The Morgan fingerprint density at radius 1 is 1.07 bits per heavy atom. The molecular formula is C21H42N4O2. The van der Waals surface area contributed by atoms with Gasteiger partial charge in [-0.25, -0.2) is 0 Å². The summed E-state index contributed by atoms with van der Waals surface area (Å²) in [6.45, 7) is 10.3. The minimum atomic E-state index is 0.143. The summed E-state index contributed by atoms with van der Waals surface area (Å²) in [4.78, 5) is 20.8. The maximum atomic E-state index is 12.3. The maximum absolute atomic E-state index is 12.3. The van der Waals surface area contributed by atoms with Gasteiger partial charge in [0, 0.05) is 39.8 Å². The fourth-order valence-corrected chi connectivity index (χ4v) is 3.48. The van der Waals surface area contributed by atoms with Crippen molar-refractivity contribution >= 4 is 11.9 Å². The second-order valence-electron chi connectivity index (χ2n) is 7.35. The first-order valence-electron chi connectivity index (χ1n) is 11.0. The monoisotopic (exact) mass is 382 g/mol. The lowest BCUT2D eigenvalue weighted by Crippen LogP contribution is -2.45. The third kappa shape index (κ3) is 9.99. The highest BCUT2D eigenvalue weighted by Gasteiger charge is 2.15. The number of rotatable bonds is 11. The van der Waals surface area contributed by atoms with Crippen LogP contribution in [0.4, 0.5) is 0 Å². The number of hydrogen-bond donors (Lipinski definition) is 1. The number of carbonyl (C=O) groups excluding carboxylic acids is 1. The van der Waals surface area contributed by atoms with Crippen molar-refractivity contribution in [1.82, 2.24) is 15.1 Å². The van der Waals surface area contributed by atoms with E-state index < -0.39 is 0 Å². The number of carbonyl (C=O) groups is 1. The molecule has 1 saturated carbocycles. The molecule has 0 aromatic rings. The normalized spacial score (nSPS) is 16.1. The molecule has 0 aromatic carbocycles. The standard InChI is InChI=1S/C21H42N4O2/c1-5-22-21(24(4)18-20(26)25(6-2)7-3)23-16-12-13-17-27-19-14-10-8-9-11-15-19/h19H,5-18H2,1-4H3,(H,22,23). The van der Waals surface area contributed by atoms with Gasteiger partial charge >= 0.3 is 0 Å². The molecule has 0 atom stereocenters. The van der Waals surface area contributed by atoms with Gasteiger partial charge in [0.2, 0.25) is 5.91 Å². The van der Waals surface area contributed by atoms with Gasteiger partial charge in [0.15, 0.2) is 5.96 Å². The number of guanidine groups is 1. The highest BCUT2D eigenvalue weighted by atomic mass is 16.5. The molecule has 0 spiro atoms. The number of aliphatic imine (C=N–C) groups is 1. The smallest absolute Gasteiger partial charge is 0.242 e. The van der Waals surface area contributed by atoms with Crippen molar-refractivity contribution in [3.05, 3.63) is 0 Å². The molecule has 1 amide bonds. The van der Waals surface area contributed by atoms with Crippen molar-refractivity contribution < 1.29 is 9.53 Å². The molecule has 1 N–H and O–H groups in total. The van der Waals surface area contributed by atoms with Crippen LogP contribution in [0.3, 0.4) is 0 Å². The minimum absolute atomic E-state index is 0.143. The van der Waals surface area contributed by atoms with E-state index in [0.29, 0.717) is 12.6 Å². The number of amides is 1. The van der Waals surface area contributed by atoms with Crippen molar-refractivity contribution in [1.29, 1.82) is 0 Å². The molecule has 0 bridgehead atoms. The fourth-order valence-electron chi connectivity index (χ4n) is 3.48. The quantitative estimate of drug-likeness (QED) is 0.258. The maximum Gasteiger partial charge on any atom is 0.242 e. The highest BCUT2D eigenvalue weighted by Crippen LogP contribution is 2.19. The van der Waals surface area contributed by atoms with Gasteiger partial charge < -0.3 is 19.9 Å². The molecule has 1 fully saturated rings. The van der Waals surface area contributed by atoms with Crippen molar-refractivity contribution in [3.8, 4) is 0 Å². The average molecular weight is 383 g/mol. The molecule has 0 unspecified atom stereocenters. The van der Waals surface area contributed by atoms with Gasteiger partial charge in [0.05, 0.1) is 12.6 Å². The Hall–Kier alpha value is -1.30. The molecule has 1 aliphatic carbocycles. The first-order chi connectivity index (χ1) is 13.1. The van der Waals surface area contributed by atoms with Crippen molar-refractivity contribution in [2.24, 2.45) is 4.99 Å². The molecule has 0 heterocycles. The van der Waals surface area contributed by atoms with E-state index in [1.807, 2.05) is 30.7 Å². The van der Waals surface area contributed by atoms with E-state index in [0.717, 1.165) is 51.6 Å². The van der Waals surface area contributed by atoms with Crippen LogP contribution in [0.25, 0.3) is 0 Å². The molecule has 6 heteroatoms. The lowest BCUT2D eigenvalue weighted by atomic mass is 10.1. The third-order valence-corrected chi connectivity index (χ3v) is 5.15. The highest BCUT2D eigenvalue weighted by molar-refractivity contribution is 5.86. The summed E-state index contributed by atoms with van der Waals surface area (Å²) in [6, 6.07) is 0. The number of nitrogens with one attached hydrogen (secondary N) is 1. The summed E-state index contributed by atoms with van der Waals surface area (Å²) in [5.74, 6) is 0.951. The number of likely N-dealkylation sites (N-methyl/N-ethyl adjacent to an activating group) is 2. The van der Waals surface area contributed by atoms with Crippen LogP contribution < -0.4 is 5.32 Å². The molecule has 1 aliphatic rings. The first-order valence-corrected chi connectivity index (χ1v) is 11.0. The molecule has 6 nitrogen and oxygen atoms in total. The van der Waals surface area contributed by atoms with Crippen LogP contribution in [0, 0.1) is 0 Å². The third-order valence-electron chi connectivity index (χ3n) is 5.15. The molecule has 27 heavy (non-hydrogen) atoms. The van der Waals surface area contributed by atoms with Gasteiger partial charge in [-0.2, -0.15) is 0 Å². The average Bonchev–Trinajstić information content (AvgIpc) is 2.93. The molecule has 0 radical (unpaired) electrons. The van der Waals surface area contributed by atoms with Crippen LogP contribution >= 0.6 is 0 Å². The predicted octanol–water partition coefficient (Wildman–Crippen LogP) is 3.27. The summed E-state index contributed by atoms with van der Waals surface area (Å²) in [6.07, 6.45) is 10.4. The van der Waals surface area contributed by atoms with Crippen molar-refractivity contribution in [2.75, 3.05) is 46.4 Å². The van der Waals surface area contributed by atoms with Crippen LogP contribution in [0.15, 0.2) is 4.99 Å². The topological polar surface area (TPSA) is 57.2 Å². The minimum Gasteiger partial charge on any atom is -0.378 e. The first kappa shape index (κ1) is 23.7. The van der Waals surface area contributed by atoms with Crippen LogP contribution in [0.5, 0.6) is 0 Å². The Morgan fingerprint density at radius 2 is 1.74 bits per heavy atom. The Kier molecular flexibility index (Phi) is 12.9. The van der Waals surface area contributed by atoms with E-state index in [2.05, 4.69) is 17.2 Å². The van der Waals surface area contributed by atoms with Gasteiger partial charge in [-0.1, -0.05) is 25.7 Å². The van der Waals surface area contributed by atoms with Gasteiger partial charge in [-0.05, 0) is 46.5 Å². The largest absolute Gasteiger partial charge is 0.378 e. The molecular weight excluding hydrogens is 340 g/mol. The molecule has 0 saturated heterocycles. The lowest BCUT2D eigenvalue weighted by Gasteiger charge is -2.25. The summed E-state index contributed by atoms with van der Waals surface area (Å²) < 4.78 is 6.04. The van der Waals surface area contributed by atoms with E-state index in [-0.39, 0.29) is 5.91 Å². The second kappa shape index (κ2) is 14.7. The summed E-state index contributed by atoms with van der Waals surface area (Å²) in [5.41, 5.74) is 0. The number of ether oxygens (including phenoxy) is 1. The van der Waals surface area contributed by atoms with Crippen molar-refractivity contribution in [2.45, 2.75) is 78.2 Å². The summed E-state index contributed by atoms with van der Waals surface area (Å²) >= 11 is 0. The van der Waals surface area contributed by atoms with E-state index in [1.54, 1.807) is 0 Å². The fraction of sp³-hybridized carbons (Fsp3) is 0.905. The predicted molar refractivity (Wildman–Crippen MR) is 113 cm³/mol. The molecule has 158 valence electrons. The molecule has 1 rings (SSSR count). The van der Waals surface area contributed by atoms with E-state index >= 15 is 0 Å². The van der Waals surface area contributed by atoms with E-state index in [1.165, 1.54) is 38.5 Å². The van der Waals surface area contributed by atoms with Gasteiger partial charge in [-0.15, -0.1) is 0 Å². The van der Waals surface area contributed by atoms with Gasteiger partial charge in [0.1, 0.15) is 0 Å². The Balaban J connectivity index is 2.31. The zero-order chi connectivity index (χ0) is 19.9. The van der Waals surface area contributed by atoms with Crippen molar-refractivity contribution in [3.63, 3.8) is 0 Å². The molecule has 0 aromatic heterocycles. The summed E-state index contributed by atoms with van der Waals surface area (Å²) in [5, 5.41) is 3.29. The van der Waals surface area contributed by atoms with Crippen LogP contribution in [-0.2, 0) is 9.53 Å². The zero-order valence-electron chi connectivity index (χ0n) is 18.1. The Labute approximate surface area is 166 Å². The van der Waals surface area contributed by atoms with Crippen LogP contribution in [0.1, 0.15) is 72.1 Å². The zero-order valence-corrected chi connectivity index (χ0v) is 18.1. The lowest BCUT2D eigenvalue weighted by molar-refractivity contribution is -0.131. The van der Waals surface area contributed by atoms with E-state index in [4.69, 9.17) is 4.74 Å². The van der Waals surface area contributed by atoms with Crippen LogP contribution in [0.2, 0.25) is 0 Å². The SMILES string of the molecule is CCNC(=NCCCCOC1CCCCCC1)N(C)CC(=O)N(CC)CC. The Morgan fingerprint density at radius 3 is 2.33 bits per heavy atom. The van der Waals surface area contributed by atoms with E-state index in [9.17, 15) is 4.79 Å². The number of hydrogen-bond acceptors (Lipinski definition) is 3. The second-order valence-corrected chi connectivity index (χ2v) is 7.35. The molecule has 0 aliphatic heterocycles. The van der Waals surface area contributed by atoms with Gasteiger partial charge in [-0.3, -0.25) is 9.79 Å². The Bertz CT molecular complexity index is 416.